The molecule has 1 heterocycles. The second kappa shape index (κ2) is 9.92. The van der Waals surface area contributed by atoms with Gasteiger partial charge in [-0.25, -0.2) is 0 Å². The molecule has 0 saturated heterocycles. The van der Waals surface area contributed by atoms with Crippen molar-refractivity contribution in [2.45, 2.75) is 20.0 Å². The topological polar surface area (TPSA) is 37.4 Å². The van der Waals surface area contributed by atoms with Gasteiger partial charge in [0.05, 0.1) is 12.8 Å². The third-order valence-corrected chi connectivity index (χ3v) is 5.30. The summed E-state index contributed by atoms with van der Waals surface area (Å²) < 4.78 is 5.46. The van der Waals surface area contributed by atoms with Crippen LogP contribution in [-0.2, 0) is 13.1 Å². The molecule has 4 nitrogen and oxygen atoms in total. The molecule has 150 valence electrons. The molecule has 0 amide bonds. The van der Waals surface area contributed by atoms with Crippen molar-refractivity contribution < 1.29 is 4.74 Å². The van der Waals surface area contributed by atoms with Crippen LogP contribution in [0.4, 0.5) is 5.69 Å². The highest BCUT2D eigenvalue weighted by Gasteiger charge is 2.15. The van der Waals surface area contributed by atoms with Gasteiger partial charge in [0.25, 0.3) is 0 Å². The lowest BCUT2D eigenvalue weighted by Crippen LogP contribution is -2.34. The van der Waals surface area contributed by atoms with Crippen LogP contribution in [0.1, 0.15) is 16.7 Å². The van der Waals surface area contributed by atoms with Gasteiger partial charge in [-0.15, -0.1) is 0 Å². The van der Waals surface area contributed by atoms with Crippen LogP contribution >= 0.6 is 35.4 Å². The summed E-state index contributed by atoms with van der Waals surface area (Å²) in [6, 6.07) is 15.3. The summed E-state index contributed by atoms with van der Waals surface area (Å²) in [6.07, 6.45) is 3.57. The van der Waals surface area contributed by atoms with Crippen LogP contribution in [0.3, 0.4) is 0 Å². The Labute approximate surface area is 186 Å². The van der Waals surface area contributed by atoms with Crippen molar-refractivity contribution in [1.82, 2.24) is 9.88 Å². The number of pyridine rings is 1. The Bertz CT molecular complexity index is 999. The first-order valence-corrected chi connectivity index (χ1v) is 10.2. The van der Waals surface area contributed by atoms with E-state index >= 15 is 0 Å². The summed E-state index contributed by atoms with van der Waals surface area (Å²) in [4.78, 5) is 6.23. The third-order valence-electron chi connectivity index (χ3n) is 4.36. The molecule has 1 aromatic heterocycles. The van der Waals surface area contributed by atoms with Crippen LogP contribution in [0, 0.1) is 6.92 Å². The summed E-state index contributed by atoms with van der Waals surface area (Å²) in [7, 11) is 1.64. The van der Waals surface area contributed by atoms with E-state index in [0.717, 1.165) is 28.1 Å². The van der Waals surface area contributed by atoms with E-state index in [9.17, 15) is 0 Å². The lowest BCUT2D eigenvalue weighted by Gasteiger charge is -2.27. The maximum absolute atomic E-state index is 6.40. The van der Waals surface area contributed by atoms with Gasteiger partial charge in [0.2, 0.25) is 0 Å². The number of thiocarbonyl (C=S) groups is 1. The van der Waals surface area contributed by atoms with Crippen molar-refractivity contribution in [2.24, 2.45) is 0 Å². The first kappa shape index (κ1) is 21.4. The molecule has 0 saturated carbocycles. The monoisotopic (exact) mass is 445 g/mol. The second-order valence-electron chi connectivity index (χ2n) is 6.59. The van der Waals surface area contributed by atoms with Crippen LogP contribution in [0.25, 0.3) is 0 Å². The van der Waals surface area contributed by atoms with Gasteiger partial charge >= 0.3 is 0 Å². The number of rotatable bonds is 6. The Morgan fingerprint density at radius 1 is 1.14 bits per heavy atom. The number of hydrogen-bond acceptors (Lipinski definition) is 3. The smallest absolute Gasteiger partial charge is 0.174 e. The van der Waals surface area contributed by atoms with Gasteiger partial charge < -0.3 is 15.0 Å². The van der Waals surface area contributed by atoms with E-state index in [-0.39, 0.29) is 0 Å². The molecule has 1 N–H and O–H groups in total. The van der Waals surface area contributed by atoms with Crippen LogP contribution in [0.2, 0.25) is 10.0 Å². The predicted octanol–water partition coefficient (Wildman–Crippen LogP) is 6.10. The minimum absolute atomic E-state index is 0.519. The standard InChI is InChI=1S/C22H21Cl2N3OS/c1-15-5-8-21(28-2)20(10-15)26-22(29)27(13-16-4-3-9-25-12-16)14-17-6-7-18(23)11-19(17)24/h3-12H,13-14H2,1-2H3,(H,26,29). The van der Waals surface area contributed by atoms with Gasteiger partial charge in [0, 0.05) is 35.5 Å². The van der Waals surface area contributed by atoms with Gasteiger partial charge in [-0.3, -0.25) is 4.98 Å². The van der Waals surface area contributed by atoms with E-state index in [0.29, 0.717) is 28.2 Å². The molecular formula is C22H21Cl2N3OS. The number of nitrogens with zero attached hydrogens (tertiary/aromatic N) is 2. The molecule has 0 aliphatic heterocycles. The number of hydrogen-bond donors (Lipinski definition) is 1. The largest absolute Gasteiger partial charge is 0.495 e. The van der Waals surface area contributed by atoms with Gasteiger partial charge in [-0.05, 0) is 66.2 Å². The van der Waals surface area contributed by atoms with Gasteiger partial charge in [-0.1, -0.05) is 41.4 Å². The Kier molecular flexibility index (Phi) is 7.31. The van der Waals surface area contributed by atoms with Gasteiger partial charge in [0.1, 0.15) is 5.75 Å². The highest BCUT2D eigenvalue weighted by molar-refractivity contribution is 7.80. The number of halogens is 2. The fraction of sp³-hybridized carbons (Fsp3) is 0.182. The van der Waals surface area contributed by atoms with Crippen LogP contribution in [0.15, 0.2) is 60.9 Å². The average Bonchev–Trinajstić information content (AvgIpc) is 2.70. The van der Waals surface area contributed by atoms with E-state index in [4.69, 9.17) is 40.2 Å². The Balaban J connectivity index is 1.87. The normalized spacial score (nSPS) is 10.5. The number of anilines is 1. The zero-order valence-corrected chi connectivity index (χ0v) is 18.5. The third kappa shape index (κ3) is 5.82. The molecule has 3 rings (SSSR count). The van der Waals surface area contributed by atoms with Gasteiger partial charge in [0.15, 0.2) is 5.11 Å². The summed E-state index contributed by atoms with van der Waals surface area (Å²) in [5.41, 5.74) is 3.89. The van der Waals surface area contributed by atoms with Crippen molar-refractivity contribution >= 4 is 46.2 Å². The molecular weight excluding hydrogens is 425 g/mol. The number of aromatic nitrogens is 1. The summed E-state index contributed by atoms with van der Waals surface area (Å²) >= 11 is 18.2. The van der Waals surface area contributed by atoms with Crippen molar-refractivity contribution in [3.8, 4) is 5.75 Å². The Morgan fingerprint density at radius 2 is 1.97 bits per heavy atom. The Morgan fingerprint density at radius 3 is 2.66 bits per heavy atom. The van der Waals surface area contributed by atoms with E-state index in [1.807, 2.05) is 60.5 Å². The van der Waals surface area contributed by atoms with Crippen molar-refractivity contribution in [1.29, 1.82) is 0 Å². The van der Waals surface area contributed by atoms with Crippen LogP contribution < -0.4 is 10.1 Å². The highest BCUT2D eigenvalue weighted by Crippen LogP contribution is 2.27. The zero-order valence-electron chi connectivity index (χ0n) is 16.2. The number of aryl methyl sites for hydroxylation is 1. The molecule has 0 unspecified atom stereocenters. The molecule has 0 aliphatic rings. The van der Waals surface area contributed by atoms with E-state index in [1.54, 1.807) is 19.4 Å². The molecule has 0 aliphatic carbocycles. The fourth-order valence-corrected chi connectivity index (χ4v) is 3.59. The quantitative estimate of drug-likeness (QED) is 0.463. The van der Waals surface area contributed by atoms with E-state index in [1.165, 1.54) is 0 Å². The maximum atomic E-state index is 6.40. The van der Waals surface area contributed by atoms with Crippen molar-refractivity contribution in [3.63, 3.8) is 0 Å². The minimum Gasteiger partial charge on any atom is -0.495 e. The molecule has 29 heavy (non-hydrogen) atoms. The van der Waals surface area contributed by atoms with E-state index in [2.05, 4.69) is 10.3 Å². The molecule has 0 bridgehead atoms. The molecule has 7 heteroatoms. The number of ether oxygens (including phenoxy) is 1. The highest BCUT2D eigenvalue weighted by atomic mass is 35.5. The molecule has 0 fully saturated rings. The molecule has 0 spiro atoms. The minimum atomic E-state index is 0.519. The first-order chi connectivity index (χ1) is 14.0. The summed E-state index contributed by atoms with van der Waals surface area (Å²) in [5, 5.41) is 5.08. The first-order valence-electron chi connectivity index (χ1n) is 8.99. The predicted molar refractivity (Wildman–Crippen MR) is 124 cm³/mol. The zero-order chi connectivity index (χ0) is 20.8. The second-order valence-corrected chi connectivity index (χ2v) is 7.82. The fourth-order valence-electron chi connectivity index (χ4n) is 2.88. The lowest BCUT2D eigenvalue weighted by molar-refractivity contribution is 0.409. The number of nitrogens with one attached hydrogen (secondary N) is 1. The van der Waals surface area contributed by atoms with Gasteiger partial charge in [-0.2, -0.15) is 0 Å². The Hall–Kier alpha value is -2.34. The lowest BCUT2D eigenvalue weighted by atomic mass is 10.2. The number of methoxy groups -OCH3 is 1. The maximum Gasteiger partial charge on any atom is 0.174 e. The van der Waals surface area contributed by atoms with E-state index < -0.39 is 0 Å². The molecule has 3 aromatic rings. The van der Waals surface area contributed by atoms with Crippen LogP contribution in [0.5, 0.6) is 5.75 Å². The summed E-state index contributed by atoms with van der Waals surface area (Å²) in [6.45, 7) is 3.12. The molecule has 2 aromatic carbocycles. The number of benzene rings is 2. The van der Waals surface area contributed by atoms with Crippen molar-refractivity contribution in [3.05, 3.63) is 87.7 Å². The summed E-state index contributed by atoms with van der Waals surface area (Å²) in [5.74, 6) is 0.726. The van der Waals surface area contributed by atoms with Crippen molar-refractivity contribution in [2.75, 3.05) is 12.4 Å². The molecule has 0 atom stereocenters. The SMILES string of the molecule is COc1ccc(C)cc1NC(=S)N(Cc1cccnc1)Cc1ccc(Cl)cc1Cl. The molecule has 0 radical (unpaired) electrons. The average molecular weight is 446 g/mol. The van der Waals surface area contributed by atoms with Crippen LogP contribution in [-0.4, -0.2) is 22.1 Å².